The number of sulfonamides is 1. The molecule has 1 atom stereocenters. The van der Waals surface area contributed by atoms with Crippen molar-refractivity contribution in [3.05, 3.63) is 48.2 Å². The van der Waals surface area contributed by atoms with Crippen molar-refractivity contribution in [2.45, 2.75) is 23.8 Å². The summed E-state index contributed by atoms with van der Waals surface area (Å²) in [6.45, 7) is 1.91. The molecule has 156 valence electrons. The minimum Gasteiger partial charge on any atom is -0.495 e. The van der Waals surface area contributed by atoms with Crippen LogP contribution in [0, 0.1) is 0 Å². The Balaban J connectivity index is 1.47. The molecule has 0 saturated carbocycles. The normalized spacial score (nSPS) is 16.5. The quantitative estimate of drug-likeness (QED) is 0.611. The van der Waals surface area contributed by atoms with Crippen molar-refractivity contribution in [1.29, 1.82) is 0 Å². The number of rotatable bonds is 7. The summed E-state index contributed by atoms with van der Waals surface area (Å²) in [6.07, 6.45) is 3.06. The molecule has 0 aliphatic carbocycles. The lowest BCUT2D eigenvalue weighted by molar-refractivity contribution is 0.238. The van der Waals surface area contributed by atoms with Gasteiger partial charge in [0.1, 0.15) is 16.5 Å². The van der Waals surface area contributed by atoms with Gasteiger partial charge in [0.2, 0.25) is 10.0 Å². The van der Waals surface area contributed by atoms with Gasteiger partial charge in [-0.15, -0.1) is 0 Å². The fraction of sp³-hybridized carbons (Fsp3) is 0.368. The number of carbonyl (C=O) groups is 1. The lowest BCUT2D eigenvalue weighted by Gasteiger charge is -2.18. The zero-order valence-electron chi connectivity index (χ0n) is 16.2. The number of hydrogen-bond donors (Lipinski definition) is 3. The third kappa shape index (κ3) is 5.58. The van der Waals surface area contributed by atoms with Crippen LogP contribution in [0.25, 0.3) is 0 Å². The second kappa shape index (κ2) is 9.10. The maximum Gasteiger partial charge on any atom is 0.315 e. The number of urea groups is 1. The zero-order valence-corrected chi connectivity index (χ0v) is 17.0. The maximum atomic E-state index is 12.2. The number of nitrogens with two attached hydrogens (primary N) is 1. The van der Waals surface area contributed by atoms with Gasteiger partial charge in [0, 0.05) is 31.9 Å². The van der Waals surface area contributed by atoms with Gasteiger partial charge in [-0.3, -0.25) is 0 Å². The molecule has 1 aromatic heterocycles. The van der Waals surface area contributed by atoms with Gasteiger partial charge >= 0.3 is 6.03 Å². The molecule has 0 spiro atoms. The Bertz CT molecular complexity index is 952. The van der Waals surface area contributed by atoms with Gasteiger partial charge in [0.25, 0.3) is 0 Å². The van der Waals surface area contributed by atoms with Crippen molar-refractivity contribution in [3.63, 3.8) is 0 Å². The summed E-state index contributed by atoms with van der Waals surface area (Å²) in [5, 5.41) is 11.0. The van der Waals surface area contributed by atoms with Crippen molar-refractivity contribution in [2.75, 3.05) is 31.6 Å². The molecule has 2 aromatic rings. The Morgan fingerprint density at radius 2 is 2.17 bits per heavy atom. The van der Waals surface area contributed by atoms with E-state index >= 15 is 0 Å². The number of anilines is 1. The lowest BCUT2D eigenvalue weighted by Crippen LogP contribution is -2.44. The number of methoxy groups -OCH3 is 1. The fourth-order valence-electron chi connectivity index (χ4n) is 3.28. The minimum atomic E-state index is -3.89. The smallest absolute Gasteiger partial charge is 0.315 e. The number of hydrogen-bond acceptors (Lipinski definition) is 6. The summed E-state index contributed by atoms with van der Waals surface area (Å²) in [7, 11) is -2.51. The van der Waals surface area contributed by atoms with Crippen LogP contribution in [0.5, 0.6) is 5.75 Å². The van der Waals surface area contributed by atoms with Crippen LogP contribution in [0.1, 0.15) is 12.0 Å². The molecule has 10 heteroatoms. The minimum absolute atomic E-state index is 0.0481. The summed E-state index contributed by atoms with van der Waals surface area (Å²) < 4.78 is 28.4. The molecule has 1 unspecified atom stereocenters. The molecule has 9 nitrogen and oxygen atoms in total. The van der Waals surface area contributed by atoms with E-state index in [-0.39, 0.29) is 22.7 Å². The number of nitrogens with zero attached hydrogens (tertiary/aromatic N) is 2. The van der Waals surface area contributed by atoms with Crippen molar-refractivity contribution in [2.24, 2.45) is 5.14 Å². The molecular formula is C19H25N5O4S. The molecule has 0 radical (unpaired) electrons. The molecule has 4 N–H and O–H groups in total. The highest BCUT2D eigenvalue weighted by molar-refractivity contribution is 7.89. The Hall–Kier alpha value is -2.85. The molecule has 1 aromatic carbocycles. The average Bonchev–Trinajstić information content (AvgIpc) is 3.16. The fourth-order valence-corrected chi connectivity index (χ4v) is 4.03. The third-order valence-electron chi connectivity index (χ3n) is 4.73. The Morgan fingerprint density at radius 3 is 2.86 bits per heavy atom. The summed E-state index contributed by atoms with van der Waals surface area (Å²) >= 11 is 0. The van der Waals surface area contributed by atoms with E-state index in [1.54, 1.807) is 18.3 Å². The van der Waals surface area contributed by atoms with Crippen molar-refractivity contribution in [3.8, 4) is 5.75 Å². The van der Waals surface area contributed by atoms with Gasteiger partial charge in [-0.25, -0.2) is 23.3 Å². The van der Waals surface area contributed by atoms with Crippen LogP contribution < -0.4 is 25.4 Å². The second-order valence-electron chi connectivity index (χ2n) is 6.80. The Labute approximate surface area is 170 Å². The summed E-state index contributed by atoms with van der Waals surface area (Å²) in [4.78, 5) is 18.6. The molecule has 1 saturated heterocycles. The molecule has 2 heterocycles. The summed E-state index contributed by atoms with van der Waals surface area (Å²) in [6, 6.07) is 10.3. The monoisotopic (exact) mass is 419 g/mol. The van der Waals surface area contributed by atoms with Crippen molar-refractivity contribution < 1.29 is 17.9 Å². The standard InChI is InChI=1S/C19H25N5O4S/c1-28-16-6-5-14(12-17(16)29(20,26)27)7-10-22-19(25)23-15-8-11-24(13-15)18-4-2-3-9-21-18/h2-6,9,12,15H,7-8,10-11,13H2,1H3,(H2,20,26,27)(H2,22,23,25). The molecule has 1 fully saturated rings. The summed E-state index contributed by atoms with van der Waals surface area (Å²) in [5.74, 6) is 1.10. The van der Waals surface area contributed by atoms with Gasteiger partial charge in [-0.05, 0) is 42.7 Å². The molecule has 1 aliphatic heterocycles. The Kier molecular flexibility index (Phi) is 6.55. The number of benzene rings is 1. The number of ether oxygens (including phenoxy) is 1. The SMILES string of the molecule is COc1ccc(CCNC(=O)NC2CCN(c3ccccn3)C2)cc1S(N)(=O)=O. The first-order valence-electron chi connectivity index (χ1n) is 9.27. The maximum absolute atomic E-state index is 12.2. The predicted molar refractivity (Wildman–Crippen MR) is 109 cm³/mol. The van der Waals surface area contributed by atoms with Gasteiger partial charge in [-0.2, -0.15) is 0 Å². The molecule has 2 amide bonds. The highest BCUT2D eigenvalue weighted by atomic mass is 32.2. The first-order chi connectivity index (χ1) is 13.9. The first-order valence-corrected chi connectivity index (χ1v) is 10.8. The van der Waals surface area contributed by atoms with Crippen LogP contribution in [0.2, 0.25) is 0 Å². The number of aromatic nitrogens is 1. The van der Waals surface area contributed by atoms with Crippen LogP contribution >= 0.6 is 0 Å². The number of amides is 2. The second-order valence-corrected chi connectivity index (χ2v) is 8.33. The molecule has 0 bridgehead atoms. The molecule has 29 heavy (non-hydrogen) atoms. The first kappa shape index (κ1) is 20.9. The van der Waals surface area contributed by atoms with E-state index in [2.05, 4.69) is 20.5 Å². The van der Waals surface area contributed by atoms with E-state index in [9.17, 15) is 13.2 Å². The van der Waals surface area contributed by atoms with Crippen LogP contribution in [0.4, 0.5) is 10.6 Å². The number of carbonyl (C=O) groups excluding carboxylic acids is 1. The van der Waals surface area contributed by atoms with Crippen LogP contribution in [-0.2, 0) is 16.4 Å². The van der Waals surface area contributed by atoms with Crippen LogP contribution in [0.15, 0.2) is 47.5 Å². The van der Waals surface area contributed by atoms with Crippen molar-refractivity contribution in [1.82, 2.24) is 15.6 Å². The number of pyridine rings is 1. The van der Waals surface area contributed by atoms with Gasteiger partial charge < -0.3 is 20.3 Å². The van der Waals surface area contributed by atoms with E-state index in [1.165, 1.54) is 13.2 Å². The van der Waals surface area contributed by atoms with Crippen LogP contribution in [-0.4, -0.2) is 52.2 Å². The van der Waals surface area contributed by atoms with Crippen molar-refractivity contribution >= 4 is 21.9 Å². The highest BCUT2D eigenvalue weighted by Crippen LogP contribution is 2.23. The summed E-state index contributed by atoms with van der Waals surface area (Å²) in [5.41, 5.74) is 0.734. The number of nitrogens with one attached hydrogen (secondary N) is 2. The zero-order chi connectivity index (χ0) is 20.9. The predicted octanol–water partition coefficient (Wildman–Crippen LogP) is 0.858. The molecule has 3 rings (SSSR count). The topological polar surface area (TPSA) is 127 Å². The van der Waals surface area contributed by atoms with E-state index in [0.717, 1.165) is 24.3 Å². The molecular weight excluding hydrogens is 394 g/mol. The van der Waals surface area contributed by atoms with E-state index in [0.29, 0.717) is 19.5 Å². The Morgan fingerprint density at radius 1 is 1.34 bits per heavy atom. The van der Waals surface area contributed by atoms with Crippen LogP contribution in [0.3, 0.4) is 0 Å². The molecule has 1 aliphatic rings. The highest BCUT2D eigenvalue weighted by Gasteiger charge is 2.24. The third-order valence-corrected chi connectivity index (χ3v) is 5.66. The largest absolute Gasteiger partial charge is 0.495 e. The van der Waals surface area contributed by atoms with E-state index in [4.69, 9.17) is 9.88 Å². The lowest BCUT2D eigenvalue weighted by atomic mass is 10.1. The van der Waals surface area contributed by atoms with E-state index in [1.807, 2.05) is 18.2 Å². The van der Waals surface area contributed by atoms with E-state index < -0.39 is 10.0 Å². The van der Waals surface area contributed by atoms with Gasteiger partial charge in [0.15, 0.2) is 0 Å². The van der Waals surface area contributed by atoms with Gasteiger partial charge in [-0.1, -0.05) is 12.1 Å². The van der Waals surface area contributed by atoms with Gasteiger partial charge in [0.05, 0.1) is 7.11 Å². The average molecular weight is 420 g/mol. The number of primary sulfonamides is 1.